The standard InChI is InChI=1S/C21H17NO7S3/c1-13-4-9-17(29-19(23)3-2-10-27-22(25)26)16(11-13)21(24)28-15-7-5-14(6-8-15)18-12-20(30)32-31-18/h4-9,11-12H,2-3,10H2,1H3. The van der Waals surface area contributed by atoms with Crippen molar-refractivity contribution in [2.24, 2.45) is 0 Å². The summed E-state index contributed by atoms with van der Waals surface area (Å²) in [5.41, 5.74) is 1.85. The third-order valence-electron chi connectivity index (χ3n) is 4.11. The van der Waals surface area contributed by atoms with Gasteiger partial charge in [-0.25, -0.2) is 4.79 Å². The van der Waals surface area contributed by atoms with Crippen LogP contribution < -0.4 is 9.47 Å². The number of carbonyl (C=O) groups is 2. The summed E-state index contributed by atoms with van der Waals surface area (Å²) in [5, 5.41) is 9.21. The Labute approximate surface area is 195 Å². The predicted molar refractivity (Wildman–Crippen MR) is 122 cm³/mol. The van der Waals surface area contributed by atoms with Crippen molar-refractivity contribution in [2.75, 3.05) is 6.61 Å². The molecule has 0 aliphatic rings. The number of hydrogen-bond acceptors (Lipinski definition) is 10. The van der Waals surface area contributed by atoms with Crippen molar-refractivity contribution in [1.82, 2.24) is 0 Å². The van der Waals surface area contributed by atoms with E-state index in [0.29, 0.717) is 5.75 Å². The fraction of sp³-hybridized carbons (Fsp3) is 0.190. The van der Waals surface area contributed by atoms with E-state index in [1.807, 2.05) is 18.2 Å². The van der Waals surface area contributed by atoms with Crippen molar-refractivity contribution < 1.29 is 29.0 Å². The molecular formula is C21H17NO7S3. The van der Waals surface area contributed by atoms with E-state index in [0.717, 1.165) is 19.8 Å². The number of nitrogens with zero attached hydrogens (tertiary/aromatic N) is 1. The SMILES string of the molecule is Cc1ccc(OC(=O)CCCO[N+](=O)[O-])c(C(=O)Oc2ccc(-c3cc(=S)ss3)cc2)c1. The molecule has 0 spiro atoms. The van der Waals surface area contributed by atoms with Gasteiger partial charge in [0.2, 0.25) is 0 Å². The van der Waals surface area contributed by atoms with Crippen LogP contribution in [0.2, 0.25) is 0 Å². The van der Waals surface area contributed by atoms with Gasteiger partial charge < -0.3 is 14.3 Å². The highest BCUT2D eigenvalue weighted by Gasteiger charge is 2.18. The molecule has 0 N–H and O–H groups in total. The number of aryl methyl sites for hydroxylation is 1. The quantitative estimate of drug-likeness (QED) is 0.0721. The van der Waals surface area contributed by atoms with Crippen molar-refractivity contribution in [3.8, 4) is 21.9 Å². The number of benzene rings is 2. The van der Waals surface area contributed by atoms with Gasteiger partial charge in [-0.2, -0.15) is 0 Å². The van der Waals surface area contributed by atoms with Crippen LogP contribution >= 0.6 is 32.9 Å². The highest BCUT2D eigenvalue weighted by atomic mass is 32.9. The molecule has 0 unspecified atom stereocenters. The average molecular weight is 492 g/mol. The van der Waals surface area contributed by atoms with Crippen molar-refractivity contribution in [1.29, 1.82) is 0 Å². The monoisotopic (exact) mass is 491 g/mol. The summed E-state index contributed by atoms with van der Waals surface area (Å²) in [4.78, 5) is 40.1. The van der Waals surface area contributed by atoms with Gasteiger partial charge in [-0.05, 0) is 66.9 Å². The zero-order chi connectivity index (χ0) is 23.1. The maximum atomic E-state index is 12.7. The maximum Gasteiger partial charge on any atom is 0.347 e. The molecule has 32 heavy (non-hydrogen) atoms. The maximum absolute atomic E-state index is 12.7. The van der Waals surface area contributed by atoms with Crippen LogP contribution in [0.3, 0.4) is 0 Å². The predicted octanol–water partition coefficient (Wildman–Crippen LogP) is 5.63. The highest BCUT2D eigenvalue weighted by molar-refractivity contribution is 7.80. The number of ether oxygens (including phenoxy) is 2. The van der Waals surface area contributed by atoms with Crippen LogP contribution in [0.1, 0.15) is 28.8 Å². The first kappa shape index (κ1) is 23.5. The van der Waals surface area contributed by atoms with Gasteiger partial charge >= 0.3 is 11.9 Å². The Morgan fingerprint density at radius 3 is 2.47 bits per heavy atom. The molecule has 0 fully saturated rings. The molecule has 0 bridgehead atoms. The summed E-state index contributed by atoms with van der Waals surface area (Å²) < 4.78 is 11.5. The fourth-order valence-electron chi connectivity index (χ4n) is 2.64. The minimum atomic E-state index is -0.927. The topological polar surface area (TPSA) is 105 Å². The minimum absolute atomic E-state index is 0.0514. The summed E-state index contributed by atoms with van der Waals surface area (Å²) in [7, 11) is 3.10. The Morgan fingerprint density at radius 2 is 1.81 bits per heavy atom. The Morgan fingerprint density at radius 1 is 1.06 bits per heavy atom. The second-order valence-corrected chi connectivity index (χ2v) is 9.45. The van der Waals surface area contributed by atoms with Gasteiger partial charge in [0.05, 0.1) is 6.61 Å². The minimum Gasteiger partial charge on any atom is -0.426 e. The fourth-order valence-corrected chi connectivity index (χ4v) is 5.05. The Bertz CT molecular complexity index is 1180. The number of hydrogen-bond donors (Lipinski definition) is 0. The Kier molecular flexibility index (Phi) is 8.03. The van der Waals surface area contributed by atoms with Crippen LogP contribution in [0.5, 0.6) is 11.5 Å². The molecule has 2 aromatic carbocycles. The molecular weight excluding hydrogens is 474 g/mol. The molecule has 3 aromatic rings. The summed E-state index contributed by atoms with van der Waals surface area (Å²) in [6.07, 6.45) is 0.00298. The molecule has 0 aliphatic carbocycles. The molecule has 166 valence electrons. The van der Waals surface area contributed by atoms with Crippen LogP contribution in [0, 0.1) is 20.9 Å². The lowest BCUT2D eigenvalue weighted by Crippen LogP contribution is -2.15. The zero-order valence-electron chi connectivity index (χ0n) is 16.8. The van der Waals surface area contributed by atoms with Crippen molar-refractivity contribution in [2.45, 2.75) is 19.8 Å². The second-order valence-electron chi connectivity index (χ2n) is 6.54. The summed E-state index contributed by atoms with van der Waals surface area (Å²) in [6, 6.07) is 13.7. The molecule has 0 saturated carbocycles. The molecule has 11 heteroatoms. The number of carbonyl (C=O) groups excluding carboxylic acids is 2. The van der Waals surface area contributed by atoms with E-state index in [4.69, 9.17) is 21.7 Å². The van der Waals surface area contributed by atoms with Gasteiger partial charge in [0.1, 0.15) is 20.9 Å². The van der Waals surface area contributed by atoms with Crippen LogP contribution in [-0.2, 0) is 9.63 Å². The molecule has 8 nitrogen and oxygen atoms in total. The van der Waals surface area contributed by atoms with E-state index in [1.54, 1.807) is 41.5 Å². The van der Waals surface area contributed by atoms with Crippen LogP contribution in [0.25, 0.3) is 10.4 Å². The molecule has 0 radical (unpaired) electrons. The van der Waals surface area contributed by atoms with Crippen molar-refractivity contribution in [3.05, 3.63) is 73.6 Å². The first-order chi connectivity index (χ1) is 15.3. The molecule has 3 rings (SSSR count). The van der Waals surface area contributed by atoms with E-state index in [9.17, 15) is 19.7 Å². The Hall–Kier alpha value is -3.15. The molecule has 0 saturated heterocycles. The molecule has 0 atom stereocenters. The van der Waals surface area contributed by atoms with Crippen molar-refractivity contribution >= 4 is 44.8 Å². The summed E-state index contributed by atoms with van der Waals surface area (Å²) in [5.74, 6) is -0.923. The van der Waals surface area contributed by atoms with Gasteiger partial charge in [0.15, 0.2) is 0 Å². The summed E-state index contributed by atoms with van der Waals surface area (Å²) in [6.45, 7) is 1.57. The van der Waals surface area contributed by atoms with Crippen LogP contribution in [-0.4, -0.2) is 23.6 Å². The van der Waals surface area contributed by atoms with Gasteiger partial charge in [-0.15, -0.1) is 10.1 Å². The van der Waals surface area contributed by atoms with E-state index in [1.165, 1.54) is 16.4 Å². The third kappa shape index (κ3) is 6.67. The lowest BCUT2D eigenvalue weighted by molar-refractivity contribution is -0.757. The van der Waals surface area contributed by atoms with E-state index in [2.05, 4.69) is 4.84 Å². The smallest absolute Gasteiger partial charge is 0.347 e. The summed E-state index contributed by atoms with van der Waals surface area (Å²) >= 11 is 5.15. The normalized spacial score (nSPS) is 10.4. The van der Waals surface area contributed by atoms with E-state index in [-0.39, 0.29) is 30.8 Å². The van der Waals surface area contributed by atoms with E-state index < -0.39 is 17.0 Å². The van der Waals surface area contributed by atoms with Crippen LogP contribution in [0.4, 0.5) is 0 Å². The zero-order valence-corrected chi connectivity index (χ0v) is 19.2. The second kappa shape index (κ2) is 10.9. The van der Waals surface area contributed by atoms with Crippen LogP contribution in [0.15, 0.2) is 48.5 Å². The molecule has 0 aliphatic heterocycles. The van der Waals surface area contributed by atoms with Gasteiger partial charge in [-0.1, -0.05) is 39.0 Å². The Balaban J connectivity index is 1.67. The van der Waals surface area contributed by atoms with Gasteiger partial charge in [-0.3, -0.25) is 4.79 Å². The molecule has 1 heterocycles. The van der Waals surface area contributed by atoms with Crippen molar-refractivity contribution in [3.63, 3.8) is 0 Å². The van der Waals surface area contributed by atoms with Gasteiger partial charge in [0.25, 0.3) is 5.09 Å². The lowest BCUT2D eigenvalue weighted by atomic mass is 10.1. The molecule has 0 amide bonds. The van der Waals surface area contributed by atoms with Gasteiger partial charge in [0, 0.05) is 11.3 Å². The third-order valence-corrected chi connectivity index (χ3v) is 7.02. The first-order valence-corrected chi connectivity index (χ1v) is 11.9. The van der Waals surface area contributed by atoms with E-state index >= 15 is 0 Å². The molecule has 1 aromatic heterocycles. The highest BCUT2D eigenvalue weighted by Crippen LogP contribution is 2.31. The first-order valence-electron chi connectivity index (χ1n) is 9.33. The number of rotatable bonds is 9. The largest absolute Gasteiger partial charge is 0.426 e. The average Bonchev–Trinajstić information content (AvgIpc) is 3.19. The number of esters is 2. The lowest BCUT2D eigenvalue weighted by Gasteiger charge is -2.11.